The van der Waals surface area contributed by atoms with Gasteiger partial charge in [-0.15, -0.1) is 0 Å². The Morgan fingerprint density at radius 3 is 3.21 bits per heavy atom. The Hall–Kier alpha value is -2.04. The second kappa shape index (κ2) is 5.30. The molecule has 0 bridgehead atoms. The molecule has 3 rings (SSSR count). The minimum Gasteiger partial charge on any atom is -0.356 e. The number of hydrogen-bond donors (Lipinski definition) is 0. The van der Waals surface area contributed by atoms with Gasteiger partial charge in [0.15, 0.2) is 6.23 Å². The van der Waals surface area contributed by atoms with Gasteiger partial charge < -0.3 is 4.74 Å². The van der Waals surface area contributed by atoms with Crippen molar-refractivity contribution in [3.05, 3.63) is 40.4 Å². The van der Waals surface area contributed by atoms with Crippen molar-refractivity contribution in [3.63, 3.8) is 0 Å². The van der Waals surface area contributed by atoms with E-state index in [2.05, 4.69) is 15.1 Å². The van der Waals surface area contributed by atoms with Crippen LogP contribution in [0.1, 0.15) is 31.1 Å². The summed E-state index contributed by atoms with van der Waals surface area (Å²) in [5.74, 6) is 0. The van der Waals surface area contributed by atoms with Gasteiger partial charge in [0, 0.05) is 16.9 Å². The molecule has 0 spiro atoms. The molecule has 0 radical (unpaired) electrons. The highest BCUT2D eigenvalue weighted by Crippen LogP contribution is 2.27. The first kappa shape index (κ1) is 12.0. The molecule has 0 amide bonds. The van der Waals surface area contributed by atoms with E-state index in [0.717, 1.165) is 35.9 Å². The van der Waals surface area contributed by atoms with Crippen LogP contribution in [0, 0.1) is 0 Å². The van der Waals surface area contributed by atoms with Crippen molar-refractivity contribution in [1.82, 2.24) is 9.78 Å². The lowest BCUT2D eigenvalue weighted by Gasteiger charge is -2.23. The molecule has 98 valence electrons. The SMILES string of the molecule is [N-]=[N+]=NCc1cccc2c1cnn2C1CCCCO1. The number of benzene rings is 1. The molecule has 1 saturated heterocycles. The van der Waals surface area contributed by atoms with E-state index in [-0.39, 0.29) is 6.23 Å². The number of hydrogen-bond acceptors (Lipinski definition) is 3. The number of ether oxygens (including phenoxy) is 1. The molecular weight excluding hydrogens is 242 g/mol. The molecule has 0 N–H and O–H groups in total. The largest absolute Gasteiger partial charge is 0.356 e. The van der Waals surface area contributed by atoms with Crippen LogP contribution < -0.4 is 0 Å². The molecule has 2 aromatic rings. The number of aromatic nitrogens is 2. The van der Waals surface area contributed by atoms with E-state index in [1.54, 1.807) is 0 Å². The van der Waals surface area contributed by atoms with E-state index in [1.165, 1.54) is 6.42 Å². The lowest BCUT2D eigenvalue weighted by Crippen LogP contribution is -2.18. The quantitative estimate of drug-likeness (QED) is 0.479. The Labute approximate surface area is 110 Å². The highest BCUT2D eigenvalue weighted by molar-refractivity contribution is 5.82. The van der Waals surface area contributed by atoms with Crippen LogP contribution in [-0.2, 0) is 11.3 Å². The van der Waals surface area contributed by atoms with Crippen LogP contribution >= 0.6 is 0 Å². The maximum Gasteiger partial charge on any atom is 0.150 e. The van der Waals surface area contributed by atoms with Gasteiger partial charge in [0.05, 0.1) is 18.3 Å². The predicted molar refractivity (Wildman–Crippen MR) is 71.4 cm³/mol. The van der Waals surface area contributed by atoms with Crippen LogP contribution in [0.5, 0.6) is 0 Å². The maximum absolute atomic E-state index is 8.43. The Morgan fingerprint density at radius 1 is 1.47 bits per heavy atom. The molecule has 2 heterocycles. The van der Waals surface area contributed by atoms with Crippen molar-refractivity contribution >= 4 is 10.9 Å². The summed E-state index contributed by atoms with van der Waals surface area (Å²) in [7, 11) is 0. The van der Waals surface area contributed by atoms with Gasteiger partial charge in [-0.3, -0.25) is 0 Å². The minimum absolute atomic E-state index is 0.0287. The fraction of sp³-hybridized carbons (Fsp3) is 0.462. The van der Waals surface area contributed by atoms with Gasteiger partial charge in [0.2, 0.25) is 0 Å². The molecule has 1 aliphatic heterocycles. The van der Waals surface area contributed by atoms with Gasteiger partial charge in [-0.2, -0.15) is 5.10 Å². The number of fused-ring (bicyclic) bond motifs is 1. The predicted octanol–water partition coefficient (Wildman–Crippen LogP) is 3.55. The molecule has 1 atom stereocenters. The second-order valence-electron chi connectivity index (χ2n) is 4.65. The standard InChI is InChI=1S/C13H15N5O/c14-17-15-8-10-4-3-5-12-11(10)9-16-18(12)13-6-1-2-7-19-13/h3-5,9,13H,1-2,6-8H2. The Kier molecular flexibility index (Phi) is 3.35. The van der Waals surface area contributed by atoms with Crippen LogP contribution in [-0.4, -0.2) is 16.4 Å². The number of nitrogens with zero attached hydrogens (tertiary/aromatic N) is 5. The van der Waals surface area contributed by atoms with E-state index >= 15 is 0 Å². The normalized spacial score (nSPS) is 19.3. The molecule has 6 heteroatoms. The zero-order valence-corrected chi connectivity index (χ0v) is 10.6. The minimum atomic E-state index is 0.0287. The van der Waals surface area contributed by atoms with Crippen molar-refractivity contribution < 1.29 is 4.74 Å². The first-order valence-electron chi connectivity index (χ1n) is 6.48. The zero-order chi connectivity index (χ0) is 13.1. The van der Waals surface area contributed by atoms with E-state index in [9.17, 15) is 0 Å². The highest BCUT2D eigenvalue weighted by Gasteiger charge is 2.18. The second-order valence-corrected chi connectivity index (χ2v) is 4.65. The number of azide groups is 1. The van der Waals surface area contributed by atoms with Gasteiger partial charge in [-0.25, -0.2) is 4.68 Å². The van der Waals surface area contributed by atoms with Crippen molar-refractivity contribution in [2.24, 2.45) is 5.11 Å². The Morgan fingerprint density at radius 2 is 2.42 bits per heavy atom. The first-order chi connectivity index (χ1) is 9.40. The fourth-order valence-corrected chi connectivity index (χ4v) is 2.52. The molecule has 0 aliphatic carbocycles. The smallest absolute Gasteiger partial charge is 0.150 e. The van der Waals surface area contributed by atoms with E-state index in [4.69, 9.17) is 10.3 Å². The van der Waals surface area contributed by atoms with E-state index in [1.807, 2.05) is 29.1 Å². The van der Waals surface area contributed by atoms with E-state index < -0.39 is 0 Å². The lowest BCUT2D eigenvalue weighted by atomic mass is 10.1. The summed E-state index contributed by atoms with van der Waals surface area (Å²) < 4.78 is 7.71. The number of rotatable bonds is 3. The summed E-state index contributed by atoms with van der Waals surface area (Å²) in [5, 5.41) is 9.10. The molecule has 1 aromatic carbocycles. The maximum atomic E-state index is 8.43. The highest BCUT2D eigenvalue weighted by atomic mass is 16.5. The van der Waals surface area contributed by atoms with Crippen LogP contribution in [0.2, 0.25) is 0 Å². The van der Waals surface area contributed by atoms with Crippen LogP contribution in [0.25, 0.3) is 21.3 Å². The van der Waals surface area contributed by atoms with E-state index in [0.29, 0.717) is 6.54 Å². The fourth-order valence-electron chi connectivity index (χ4n) is 2.52. The zero-order valence-electron chi connectivity index (χ0n) is 10.6. The molecule has 6 nitrogen and oxygen atoms in total. The van der Waals surface area contributed by atoms with Gasteiger partial charge in [0.1, 0.15) is 0 Å². The van der Waals surface area contributed by atoms with Gasteiger partial charge in [0.25, 0.3) is 0 Å². The Balaban J connectivity index is 2.00. The van der Waals surface area contributed by atoms with Crippen molar-refractivity contribution in [2.45, 2.75) is 32.0 Å². The third kappa shape index (κ3) is 2.28. The van der Waals surface area contributed by atoms with Gasteiger partial charge in [-0.1, -0.05) is 17.2 Å². The first-order valence-corrected chi connectivity index (χ1v) is 6.48. The van der Waals surface area contributed by atoms with Crippen LogP contribution in [0.4, 0.5) is 0 Å². The van der Waals surface area contributed by atoms with Crippen molar-refractivity contribution in [1.29, 1.82) is 0 Å². The summed E-state index contributed by atoms with van der Waals surface area (Å²) in [6.45, 7) is 1.15. The third-order valence-electron chi connectivity index (χ3n) is 3.46. The van der Waals surface area contributed by atoms with Gasteiger partial charge in [-0.05, 0) is 36.4 Å². The third-order valence-corrected chi connectivity index (χ3v) is 3.46. The van der Waals surface area contributed by atoms with Crippen LogP contribution in [0.15, 0.2) is 29.5 Å². The molecule has 1 aromatic heterocycles. The summed E-state index contributed by atoms with van der Waals surface area (Å²) in [6.07, 6.45) is 5.15. The molecular formula is C13H15N5O. The van der Waals surface area contributed by atoms with Crippen LogP contribution in [0.3, 0.4) is 0 Å². The monoisotopic (exact) mass is 257 g/mol. The lowest BCUT2D eigenvalue weighted by molar-refractivity contribution is -0.0366. The van der Waals surface area contributed by atoms with Crippen molar-refractivity contribution in [3.8, 4) is 0 Å². The summed E-state index contributed by atoms with van der Waals surface area (Å²) in [6, 6.07) is 5.95. The molecule has 1 unspecified atom stereocenters. The summed E-state index contributed by atoms with van der Waals surface area (Å²) in [5.41, 5.74) is 10.5. The molecule has 1 fully saturated rings. The average Bonchev–Trinajstić information content (AvgIpc) is 2.90. The van der Waals surface area contributed by atoms with Crippen molar-refractivity contribution in [2.75, 3.05) is 6.61 Å². The molecule has 1 aliphatic rings. The molecule has 19 heavy (non-hydrogen) atoms. The average molecular weight is 257 g/mol. The van der Waals surface area contributed by atoms with Gasteiger partial charge >= 0.3 is 0 Å². The summed E-state index contributed by atoms with van der Waals surface area (Å²) in [4.78, 5) is 2.81. The topological polar surface area (TPSA) is 75.8 Å². The summed E-state index contributed by atoms with van der Waals surface area (Å²) >= 11 is 0. The molecule has 0 saturated carbocycles. The Bertz CT molecular complexity index is 623.